The number of halogens is 1. The molecule has 1 amide bonds. The molecule has 0 aliphatic carbocycles. The Morgan fingerprint density at radius 1 is 1.25 bits per heavy atom. The van der Waals surface area contributed by atoms with Gasteiger partial charge < -0.3 is 11.1 Å². The maximum absolute atomic E-state index is 13.0. The van der Waals surface area contributed by atoms with Crippen molar-refractivity contribution in [1.29, 1.82) is 0 Å². The average molecular weight is 272 g/mol. The van der Waals surface area contributed by atoms with Crippen LogP contribution >= 0.6 is 0 Å². The van der Waals surface area contributed by atoms with Crippen molar-refractivity contribution in [1.82, 2.24) is 5.32 Å². The summed E-state index contributed by atoms with van der Waals surface area (Å²) >= 11 is 0. The Kier molecular flexibility index (Phi) is 4.35. The quantitative estimate of drug-likeness (QED) is 0.841. The van der Waals surface area contributed by atoms with Crippen LogP contribution in [-0.4, -0.2) is 12.5 Å². The minimum Gasteiger partial charge on any atom is -0.396 e. The van der Waals surface area contributed by atoms with Gasteiger partial charge in [0.2, 0.25) is 0 Å². The van der Waals surface area contributed by atoms with Gasteiger partial charge in [-0.15, -0.1) is 0 Å². The van der Waals surface area contributed by atoms with Crippen molar-refractivity contribution in [2.45, 2.75) is 12.8 Å². The lowest BCUT2D eigenvalue weighted by Crippen LogP contribution is -2.27. The van der Waals surface area contributed by atoms with Gasteiger partial charge in [-0.1, -0.05) is 37.3 Å². The number of nitrogens with two attached hydrogens (primary N) is 1. The number of nitrogen functional groups attached to an aromatic ring is 1. The summed E-state index contributed by atoms with van der Waals surface area (Å²) in [6.07, 6.45) is 0. The van der Waals surface area contributed by atoms with Gasteiger partial charge >= 0.3 is 0 Å². The predicted octanol–water partition coefficient (Wildman–Crippen LogP) is 2.94. The molecule has 0 fully saturated rings. The van der Waals surface area contributed by atoms with Crippen LogP contribution in [0.5, 0.6) is 0 Å². The molecule has 3 nitrogen and oxygen atoms in total. The molecule has 0 saturated heterocycles. The second-order valence-electron chi connectivity index (χ2n) is 4.76. The van der Waals surface area contributed by atoms with Crippen molar-refractivity contribution in [3.63, 3.8) is 0 Å². The first-order chi connectivity index (χ1) is 9.58. The Balaban J connectivity index is 1.97. The number of benzene rings is 2. The maximum Gasteiger partial charge on any atom is 0.251 e. The number of anilines is 1. The fourth-order valence-electron chi connectivity index (χ4n) is 1.93. The number of carbonyl (C=O) groups excluding carboxylic acids is 1. The van der Waals surface area contributed by atoms with Crippen LogP contribution in [0, 0.1) is 5.82 Å². The fraction of sp³-hybridized carbons (Fsp3) is 0.188. The third-order valence-corrected chi connectivity index (χ3v) is 3.20. The average Bonchev–Trinajstić information content (AvgIpc) is 2.48. The fourth-order valence-corrected chi connectivity index (χ4v) is 1.93. The molecular formula is C16H17FN2O. The zero-order valence-electron chi connectivity index (χ0n) is 11.3. The molecule has 2 rings (SSSR count). The summed E-state index contributed by atoms with van der Waals surface area (Å²) in [6.45, 7) is 2.55. The second-order valence-corrected chi connectivity index (χ2v) is 4.76. The van der Waals surface area contributed by atoms with Crippen molar-refractivity contribution >= 4 is 11.6 Å². The van der Waals surface area contributed by atoms with E-state index in [4.69, 9.17) is 5.73 Å². The van der Waals surface area contributed by atoms with Gasteiger partial charge in [0.05, 0.1) is 5.69 Å². The van der Waals surface area contributed by atoms with Gasteiger partial charge in [-0.05, 0) is 29.7 Å². The number of nitrogens with one attached hydrogen (secondary N) is 1. The first kappa shape index (κ1) is 14.1. The van der Waals surface area contributed by atoms with Crippen LogP contribution in [0.15, 0.2) is 48.5 Å². The molecule has 0 spiro atoms. The third kappa shape index (κ3) is 3.35. The van der Waals surface area contributed by atoms with Crippen LogP contribution < -0.4 is 11.1 Å². The summed E-state index contributed by atoms with van der Waals surface area (Å²) in [5.74, 6) is -0.559. The third-order valence-electron chi connectivity index (χ3n) is 3.20. The monoisotopic (exact) mass is 272 g/mol. The highest BCUT2D eigenvalue weighted by Crippen LogP contribution is 2.15. The van der Waals surface area contributed by atoms with Gasteiger partial charge in [0.1, 0.15) is 5.82 Å². The molecule has 0 aliphatic heterocycles. The largest absolute Gasteiger partial charge is 0.396 e. The van der Waals surface area contributed by atoms with Gasteiger partial charge in [0.15, 0.2) is 0 Å². The van der Waals surface area contributed by atoms with E-state index in [0.29, 0.717) is 12.1 Å². The van der Waals surface area contributed by atoms with E-state index in [9.17, 15) is 9.18 Å². The van der Waals surface area contributed by atoms with Gasteiger partial charge in [-0.25, -0.2) is 4.39 Å². The van der Waals surface area contributed by atoms with Crippen LogP contribution in [0.1, 0.15) is 28.8 Å². The van der Waals surface area contributed by atoms with E-state index in [2.05, 4.69) is 5.32 Å². The molecule has 2 aromatic rings. The van der Waals surface area contributed by atoms with Crippen LogP contribution in [0.3, 0.4) is 0 Å². The Morgan fingerprint density at radius 3 is 2.60 bits per heavy atom. The molecule has 20 heavy (non-hydrogen) atoms. The molecule has 0 saturated carbocycles. The molecule has 0 heterocycles. The molecule has 3 N–H and O–H groups in total. The highest BCUT2D eigenvalue weighted by Gasteiger charge is 2.10. The van der Waals surface area contributed by atoms with E-state index in [1.165, 1.54) is 18.2 Å². The van der Waals surface area contributed by atoms with Gasteiger partial charge in [0, 0.05) is 12.1 Å². The summed E-state index contributed by atoms with van der Waals surface area (Å²) in [5.41, 5.74) is 6.95. The number of amides is 1. The maximum atomic E-state index is 13.0. The summed E-state index contributed by atoms with van der Waals surface area (Å²) in [5, 5.41) is 2.83. The van der Waals surface area contributed by atoms with Crippen molar-refractivity contribution in [2.24, 2.45) is 0 Å². The number of hydrogen-bond donors (Lipinski definition) is 2. The Hall–Kier alpha value is -2.36. The minimum atomic E-state index is -0.515. The summed E-state index contributed by atoms with van der Waals surface area (Å²) < 4.78 is 13.0. The zero-order chi connectivity index (χ0) is 14.5. The Morgan fingerprint density at radius 2 is 1.95 bits per heavy atom. The molecule has 4 heteroatoms. The van der Waals surface area contributed by atoms with E-state index < -0.39 is 5.82 Å². The van der Waals surface area contributed by atoms with Gasteiger partial charge in [-0.3, -0.25) is 4.79 Å². The first-order valence-corrected chi connectivity index (χ1v) is 6.46. The Bertz CT molecular complexity index is 599. The summed E-state index contributed by atoms with van der Waals surface area (Å²) in [6, 6.07) is 13.9. The minimum absolute atomic E-state index is 0.0197. The molecule has 104 valence electrons. The van der Waals surface area contributed by atoms with Crippen molar-refractivity contribution in [3.8, 4) is 0 Å². The van der Waals surface area contributed by atoms with Crippen molar-refractivity contribution in [2.75, 3.05) is 12.3 Å². The van der Waals surface area contributed by atoms with Crippen molar-refractivity contribution < 1.29 is 9.18 Å². The smallest absolute Gasteiger partial charge is 0.251 e. The van der Waals surface area contributed by atoms with Gasteiger partial charge in [-0.2, -0.15) is 0 Å². The summed E-state index contributed by atoms with van der Waals surface area (Å²) in [4.78, 5) is 12.0. The lowest BCUT2D eigenvalue weighted by Gasteiger charge is -2.13. The highest BCUT2D eigenvalue weighted by atomic mass is 19.1. The van der Waals surface area contributed by atoms with Gasteiger partial charge in [0.25, 0.3) is 5.91 Å². The second kappa shape index (κ2) is 6.19. The molecular weight excluding hydrogens is 255 g/mol. The van der Waals surface area contributed by atoms with Crippen LogP contribution in [0.25, 0.3) is 0 Å². The predicted molar refractivity (Wildman–Crippen MR) is 78.0 cm³/mol. The van der Waals surface area contributed by atoms with Crippen LogP contribution in [0.4, 0.5) is 10.1 Å². The standard InChI is InChI=1S/C16H17FN2O/c1-11(12-5-3-2-4-6-12)10-19-16(20)13-7-8-14(17)15(18)9-13/h2-9,11H,10,18H2,1H3,(H,19,20). The van der Waals surface area contributed by atoms with E-state index in [-0.39, 0.29) is 17.5 Å². The number of hydrogen-bond acceptors (Lipinski definition) is 2. The Labute approximate surface area is 117 Å². The lowest BCUT2D eigenvalue weighted by atomic mass is 10.0. The molecule has 0 bridgehead atoms. The molecule has 0 aliphatic rings. The summed E-state index contributed by atoms with van der Waals surface area (Å²) in [7, 11) is 0. The molecule has 1 unspecified atom stereocenters. The van der Waals surface area contributed by atoms with E-state index in [1.54, 1.807) is 0 Å². The normalized spacial score (nSPS) is 11.9. The van der Waals surface area contributed by atoms with Crippen molar-refractivity contribution in [3.05, 3.63) is 65.5 Å². The SMILES string of the molecule is CC(CNC(=O)c1ccc(F)c(N)c1)c1ccccc1. The van der Waals surface area contributed by atoms with E-state index >= 15 is 0 Å². The molecule has 2 aromatic carbocycles. The molecule has 0 radical (unpaired) electrons. The molecule has 0 aromatic heterocycles. The molecule has 1 atom stereocenters. The lowest BCUT2D eigenvalue weighted by molar-refractivity contribution is 0.0951. The first-order valence-electron chi connectivity index (χ1n) is 6.46. The van der Waals surface area contributed by atoms with Crippen LogP contribution in [-0.2, 0) is 0 Å². The number of carbonyl (C=O) groups is 1. The van der Waals surface area contributed by atoms with E-state index in [0.717, 1.165) is 5.56 Å². The zero-order valence-corrected chi connectivity index (χ0v) is 11.3. The highest BCUT2D eigenvalue weighted by molar-refractivity contribution is 5.95. The number of rotatable bonds is 4. The topological polar surface area (TPSA) is 55.1 Å². The van der Waals surface area contributed by atoms with E-state index in [1.807, 2.05) is 37.3 Å². The van der Waals surface area contributed by atoms with Crippen LogP contribution in [0.2, 0.25) is 0 Å².